The molecule has 0 bridgehead atoms. The van der Waals surface area contributed by atoms with Gasteiger partial charge in [0.15, 0.2) is 12.6 Å². The Balaban J connectivity index is 0.0000105. The fraction of sp³-hybridized carbons (Fsp3) is 0.974. The molecule has 4 N–H and O–H groups in total. The van der Waals surface area contributed by atoms with E-state index in [-0.39, 0.29) is 81.5 Å². The Kier molecular flexibility index (Phi) is 19.3. The van der Waals surface area contributed by atoms with Crippen molar-refractivity contribution in [2.45, 2.75) is 185 Å². The topological polar surface area (TPSA) is 209 Å². The van der Waals surface area contributed by atoms with Crippen molar-refractivity contribution in [2.24, 2.45) is 22.9 Å². The van der Waals surface area contributed by atoms with Crippen LogP contribution in [0.1, 0.15) is 94.9 Å². The minimum atomic E-state index is -1.79. The average Bonchev–Trinajstić information content (AvgIpc) is 3.09. The van der Waals surface area contributed by atoms with Crippen molar-refractivity contribution in [3.63, 3.8) is 0 Å². The first kappa shape index (κ1) is 50.9. The van der Waals surface area contributed by atoms with Crippen molar-refractivity contribution in [3.8, 4) is 0 Å². The third-order valence-corrected chi connectivity index (χ3v) is 12.4. The number of likely N-dealkylation sites (N-methyl/N-ethyl adjacent to an activating group) is 1. The second kappa shape index (κ2) is 20.8. The zero-order valence-corrected chi connectivity index (χ0v) is 40.4. The quantitative estimate of drug-likeness (QED) is 0.119. The average molecular weight is 1000 g/mol. The van der Waals surface area contributed by atoms with Crippen LogP contribution in [0.3, 0.4) is 0 Å². The summed E-state index contributed by atoms with van der Waals surface area (Å²) in [6.07, 6.45) is -7.37. The largest absolute Gasteiger partial charge is 0.459 e. The smallest absolute Gasteiger partial charge is 0.311 e. The van der Waals surface area contributed by atoms with Gasteiger partial charge in [-0.3, -0.25) is 4.79 Å². The van der Waals surface area contributed by atoms with Gasteiger partial charge in [-0.05, 0) is 100 Å². The zero-order valence-electron chi connectivity index (χ0n) is 35.7. The van der Waals surface area contributed by atoms with Crippen molar-refractivity contribution >= 4 is 5.97 Å². The van der Waals surface area contributed by atoms with Crippen molar-refractivity contribution in [2.75, 3.05) is 34.8 Å². The number of hydrogen-bond donors (Lipinski definition) is 4. The monoisotopic (exact) mass is 1000 g/mol. The number of carbonyl (C=O) groups excluding carboxylic acids is 1. The summed E-state index contributed by atoms with van der Waals surface area (Å²) in [5.74, 6) is -2.94. The molecular weight excluding hydrogens is 929 g/mol. The Hall–Kier alpha value is -0.218. The fourth-order valence-electron chi connectivity index (χ4n) is 8.91. The summed E-state index contributed by atoms with van der Waals surface area (Å²) in [6, 6.07) is -1.21. The molecule has 0 aliphatic carbocycles. The van der Waals surface area contributed by atoms with E-state index in [1.165, 1.54) is 14.0 Å². The van der Waals surface area contributed by atoms with Gasteiger partial charge in [-0.15, -0.1) is 0 Å². The molecule has 0 spiro atoms. The molecule has 0 aromatic heterocycles. The van der Waals surface area contributed by atoms with E-state index in [0.29, 0.717) is 13.0 Å². The number of esters is 1. The maximum atomic E-state index is 14.3. The molecule has 1 radical (unpaired) electrons. The van der Waals surface area contributed by atoms with Crippen LogP contribution >= 0.6 is 0 Å². The van der Waals surface area contributed by atoms with Crippen LogP contribution < -0.4 is 0 Å². The number of rotatable bonds is 8. The second-order valence-corrected chi connectivity index (χ2v) is 17.4. The van der Waals surface area contributed by atoms with Crippen molar-refractivity contribution < 1.29 is 97.7 Å². The molecule has 0 aromatic carbocycles. The zero-order chi connectivity index (χ0) is 41.1. The molecule has 16 nitrogen and oxygen atoms in total. The molecule has 18 atom stereocenters. The third-order valence-electron chi connectivity index (χ3n) is 12.4. The van der Waals surface area contributed by atoms with Crippen LogP contribution in [0.25, 0.3) is 10.4 Å². The van der Waals surface area contributed by atoms with Crippen molar-refractivity contribution in [3.05, 3.63) is 10.4 Å². The molecule has 0 amide bonds. The van der Waals surface area contributed by atoms with Gasteiger partial charge in [0.05, 0.1) is 53.7 Å². The number of methoxy groups -OCH3 is 1. The number of nitrogens with zero attached hydrogens (tertiary/aromatic N) is 5. The van der Waals surface area contributed by atoms with E-state index in [2.05, 4.69) is 10.0 Å². The van der Waals surface area contributed by atoms with E-state index >= 15 is 0 Å². The molecule has 17 heteroatoms. The Morgan fingerprint density at radius 3 is 2.20 bits per heavy atom. The number of ether oxygens (including phenoxy) is 6. The fourth-order valence-corrected chi connectivity index (χ4v) is 8.91. The molecule has 0 saturated carbocycles. The maximum absolute atomic E-state index is 14.3. The number of cyclic esters (lactones) is 1. The predicted octanol–water partition coefficient (Wildman–Crippen LogP) is 3.22. The number of azide groups is 1. The van der Waals surface area contributed by atoms with Gasteiger partial charge in [0.2, 0.25) is 0 Å². The van der Waals surface area contributed by atoms with Crippen LogP contribution in [0.2, 0.25) is 0 Å². The normalized spacial score (nSPS) is 47.1. The van der Waals surface area contributed by atoms with E-state index in [0.717, 1.165) is 0 Å². The van der Waals surface area contributed by atoms with Gasteiger partial charge < -0.3 is 58.6 Å². The van der Waals surface area contributed by atoms with Gasteiger partial charge in [0, 0.05) is 87.1 Å². The number of hydrogen-bond acceptors (Lipinski definition) is 14. The molecule has 3 aliphatic heterocycles. The minimum Gasteiger partial charge on any atom is -0.459 e. The summed E-state index contributed by atoms with van der Waals surface area (Å²) in [5, 5.41) is 51.3. The van der Waals surface area contributed by atoms with Gasteiger partial charge >= 0.3 is 5.97 Å². The van der Waals surface area contributed by atoms with E-state index in [1.54, 1.807) is 34.6 Å². The molecule has 55 heavy (non-hydrogen) atoms. The summed E-state index contributed by atoms with van der Waals surface area (Å²) in [5.41, 5.74) is 4.92. The molecule has 3 aliphatic rings. The Morgan fingerprint density at radius 1 is 1.04 bits per heavy atom. The standard InChI is InChI=1S/C38H71N5O11.Ac/c1-15-27-38(10,48)32(45)20(2)19-43(13)21(3)17-36(8,47)33(54-35-29(44)26(42(11)12)16-22(4)50-35)23(5)30(24(6)34(46)52-27)53-28-18-37(9,49-14)31(40-41-39)25(7)51-28;/h20-33,35,44-45,47-48H,15-19H2,1-14H3;/t20-,21+,22+,23-,24+,25-,26?,27+,28?,29?,30?,31?,32?,33?,35?,36?,37?,38?;/m0./s1. The first-order chi connectivity index (χ1) is 24.9. The number of carbonyl (C=O) groups is 1. The van der Waals surface area contributed by atoms with Gasteiger partial charge in [0.25, 0.3) is 0 Å². The molecule has 3 rings (SSSR count). The molecule has 0 aromatic rings. The van der Waals surface area contributed by atoms with Crippen LogP contribution in [0.5, 0.6) is 0 Å². The first-order valence-corrected chi connectivity index (χ1v) is 19.5. The van der Waals surface area contributed by atoms with E-state index in [1.807, 2.05) is 58.6 Å². The Morgan fingerprint density at radius 2 is 1.65 bits per heavy atom. The molecular formula is C38H71AcN5O11. The summed E-state index contributed by atoms with van der Waals surface area (Å²) >= 11 is 0. The van der Waals surface area contributed by atoms with Gasteiger partial charge in [-0.25, -0.2) is 0 Å². The van der Waals surface area contributed by atoms with Crippen molar-refractivity contribution in [1.29, 1.82) is 0 Å². The molecule has 3 fully saturated rings. The van der Waals surface area contributed by atoms with E-state index in [9.17, 15) is 30.8 Å². The summed E-state index contributed by atoms with van der Waals surface area (Å²) in [7, 11) is 7.16. The van der Waals surface area contributed by atoms with Crippen LogP contribution in [-0.4, -0.2) is 161 Å². The molecule has 3 heterocycles. The number of aliphatic hydroxyl groups excluding tert-OH is 2. The van der Waals surface area contributed by atoms with Crippen LogP contribution in [0.15, 0.2) is 5.11 Å². The predicted molar refractivity (Wildman–Crippen MR) is 201 cm³/mol. The van der Waals surface area contributed by atoms with Crippen molar-refractivity contribution in [1.82, 2.24) is 9.80 Å². The van der Waals surface area contributed by atoms with E-state index in [4.69, 9.17) is 28.4 Å². The van der Waals surface area contributed by atoms with Gasteiger partial charge in [-0.2, -0.15) is 0 Å². The SMILES string of the molecule is CC[C@H]1OC(=O)[C@H](C)C(OC2CC(C)(OC)C(N=[N+]=[N-])[C@H](C)O2)[C@H](C)C(OC2O[C@H](C)CC(N(C)C)C2O)C(C)(O)C[C@@H](C)N(C)C[C@H](C)C(O)C1(C)O.[Ac]. The Labute approximate surface area is 364 Å². The Bertz CT molecular complexity index is 1280. The maximum Gasteiger partial charge on any atom is 0.311 e. The van der Waals surface area contributed by atoms with Gasteiger partial charge in [-0.1, -0.05) is 25.9 Å². The molecule has 11 unspecified atom stereocenters. The van der Waals surface area contributed by atoms with Crippen LogP contribution in [0, 0.1) is 61.8 Å². The number of aliphatic hydroxyl groups is 4. The summed E-state index contributed by atoms with van der Waals surface area (Å²) < 4.78 is 37.9. The second-order valence-electron chi connectivity index (χ2n) is 17.4. The van der Waals surface area contributed by atoms with Gasteiger partial charge in [0.1, 0.15) is 17.8 Å². The summed E-state index contributed by atoms with van der Waals surface area (Å²) in [6.45, 7) is 18.0. The molecule has 3 saturated heterocycles. The molecule has 317 valence electrons. The van der Waals surface area contributed by atoms with Crippen LogP contribution in [-0.2, 0) is 33.2 Å². The minimum absolute atomic E-state index is 0. The summed E-state index contributed by atoms with van der Waals surface area (Å²) in [4.78, 5) is 21.2. The first-order valence-electron chi connectivity index (χ1n) is 19.5. The third kappa shape index (κ3) is 12.0. The van der Waals surface area contributed by atoms with E-state index < -0.39 is 95.8 Å². The van der Waals surface area contributed by atoms with Crippen LogP contribution in [0.4, 0.5) is 0 Å².